The average Bonchev–Trinajstić information content (AvgIpc) is 3.00. The molecule has 2 rings (SSSR count). The molecule has 0 aliphatic heterocycles. The van der Waals surface area contributed by atoms with Crippen molar-refractivity contribution in [3.05, 3.63) is 49.3 Å². The highest BCUT2D eigenvalue weighted by Gasteiger charge is 2.11. The molecule has 0 fully saturated rings. The van der Waals surface area contributed by atoms with E-state index in [0.29, 0.717) is 11.4 Å². The van der Waals surface area contributed by atoms with Crippen LogP contribution in [0.5, 0.6) is 0 Å². The van der Waals surface area contributed by atoms with Crippen LogP contribution in [-0.4, -0.2) is 17.0 Å². The molecule has 4 nitrogen and oxygen atoms in total. The maximum Gasteiger partial charge on any atom is 0.328 e. The predicted molar refractivity (Wildman–Crippen MR) is 86.0 cm³/mol. The van der Waals surface area contributed by atoms with E-state index in [2.05, 4.69) is 5.32 Å². The van der Waals surface area contributed by atoms with Gasteiger partial charge in [-0.15, -0.1) is 22.7 Å². The Morgan fingerprint density at radius 2 is 2.05 bits per heavy atom. The van der Waals surface area contributed by atoms with Gasteiger partial charge in [-0.1, -0.05) is 0 Å². The van der Waals surface area contributed by atoms with Gasteiger partial charge in [-0.25, -0.2) is 4.79 Å². The highest BCUT2D eigenvalue weighted by molar-refractivity contribution is 7.15. The molecular weight excluding hydrogens is 306 g/mol. The summed E-state index contributed by atoms with van der Waals surface area (Å²) in [4.78, 5) is 26.3. The molecule has 21 heavy (non-hydrogen) atoms. The van der Waals surface area contributed by atoms with Crippen LogP contribution in [0.4, 0.5) is 0 Å². The summed E-state index contributed by atoms with van der Waals surface area (Å²) in [6, 6.07) is 5.80. The second kappa shape index (κ2) is 6.69. The van der Waals surface area contributed by atoms with Gasteiger partial charge in [-0.2, -0.15) is 0 Å². The third-order valence-electron chi connectivity index (χ3n) is 2.78. The van der Waals surface area contributed by atoms with Crippen LogP contribution in [0, 0.1) is 13.8 Å². The largest absolute Gasteiger partial charge is 0.478 e. The minimum absolute atomic E-state index is 0.135. The Balaban J connectivity index is 2.02. The Kier molecular flexibility index (Phi) is 4.93. The number of carboxylic acids is 1. The molecule has 0 atom stereocenters. The molecule has 2 aromatic heterocycles. The molecule has 110 valence electrons. The molecule has 2 aromatic rings. The monoisotopic (exact) mass is 321 g/mol. The van der Waals surface area contributed by atoms with Gasteiger partial charge in [0.1, 0.15) is 0 Å². The molecule has 0 aliphatic rings. The molecule has 0 saturated carbocycles. The first-order valence-electron chi connectivity index (χ1n) is 6.30. The quantitative estimate of drug-likeness (QED) is 0.829. The third-order valence-corrected chi connectivity index (χ3v) is 4.98. The number of nitrogens with one attached hydrogen (secondary N) is 1. The van der Waals surface area contributed by atoms with Crippen LogP contribution in [0.2, 0.25) is 0 Å². The van der Waals surface area contributed by atoms with Crippen LogP contribution < -0.4 is 5.32 Å². The van der Waals surface area contributed by atoms with Crippen molar-refractivity contribution in [2.24, 2.45) is 0 Å². The van der Waals surface area contributed by atoms with Gasteiger partial charge in [0.15, 0.2) is 0 Å². The summed E-state index contributed by atoms with van der Waals surface area (Å²) in [6.45, 7) is 4.39. The highest BCUT2D eigenvalue weighted by atomic mass is 32.1. The first-order valence-corrected chi connectivity index (χ1v) is 7.94. The van der Waals surface area contributed by atoms with Crippen molar-refractivity contribution in [2.75, 3.05) is 0 Å². The van der Waals surface area contributed by atoms with E-state index in [4.69, 9.17) is 5.11 Å². The second-order valence-corrected chi connectivity index (χ2v) is 6.98. The summed E-state index contributed by atoms with van der Waals surface area (Å²) in [6.07, 6.45) is 2.59. The van der Waals surface area contributed by atoms with Gasteiger partial charge in [0, 0.05) is 20.7 Å². The lowest BCUT2D eigenvalue weighted by atomic mass is 10.2. The molecule has 0 aromatic carbocycles. The zero-order valence-corrected chi connectivity index (χ0v) is 13.3. The Hall–Kier alpha value is -1.92. The summed E-state index contributed by atoms with van der Waals surface area (Å²) in [5.74, 6) is -1.13. The third kappa shape index (κ3) is 4.27. The number of hydrogen-bond acceptors (Lipinski definition) is 4. The van der Waals surface area contributed by atoms with Gasteiger partial charge in [0.25, 0.3) is 5.91 Å². The lowest BCUT2D eigenvalue weighted by Gasteiger charge is -2.00. The van der Waals surface area contributed by atoms with E-state index in [1.165, 1.54) is 22.3 Å². The van der Waals surface area contributed by atoms with E-state index in [1.54, 1.807) is 17.4 Å². The Morgan fingerprint density at radius 3 is 2.67 bits per heavy atom. The Bertz CT molecular complexity index is 698. The minimum Gasteiger partial charge on any atom is -0.478 e. The van der Waals surface area contributed by atoms with Crippen molar-refractivity contribution in [3.8, 4) is 0 Å². The lowest BCUT2D eigenvalue weighted by Crippen LogP contribution is -2.21. The van der Waals surface area contributed by atoms with Gasteiger partial charge in [0.05, 0.1) is 11.4 Å². The number of aliphatic carboxylic acids is 1. The summed E-state index contributed by atoms with van der Waals surface area (Å²) in [7, 11) is 0. The van der Waals surface area contributed by atoms with Crippen molar-refractivity contribution in [2.45, 2.75) is 20.4 Å². The SMILES string of the molecule is Cc1ccc(CNC(=O)c2cc(C)c(/C=C/C(=O)O)s2)s1. The van der Waals surface area contributed by atoms with Crippen molar-refractivity contribution in [1.29, 1.82) is 0 Å². The van der Waals surface area contributed by atoms with E-state index < -0.39 is 5.97 Å². The number of carbonyl (C=O) groups excluding carboxylic acids is 1. The summed E-state index contributed by atoms with van der Waals surface area (Å²) in [5.41, 5.74) is 0.898. The Labute approximate surface area is 130 Å². The van der Waals surface area contributed by atoms with Crippen molar-refractivity contribution < 1.29 is 14.7 Å². The molecular formula is C15H15NO3S2. The molecule has 0 radical (unpaired) electrons. The van der Waals surface area contributed by atoms with Gasteiger partial charge >= 0.3 is 5.97 Å². The summed E-state index contributed by atoms with van der Waals surface area (Å²) >= 11 is 2.95. The van der Waals surface area contributed by atoms with Crippen LogP contribution in [0.15, 0.2) is 24.3 Å². The first kappa shape index (κ1) is 15.5. The molecule has 0 spiro atoms. The smallest absolute Gasteiger partial charge is 0.328 e. The van der Waals surface area contributed by atoms with Gasteiger partial charge in [-0.05, 0) is 43.7 Å². The topological polar surface area (TPSA) is 66.4 Å². The van der Waals surface area contributed by atoms with Gasteiger partial charge in [0.2, 0.25) is 0 Å². The fourth-order valence-electron chi connectivity index (χ4n) is 1.76. The van der Waals surface area contributed by atoms with E-state index in [-0.39, 0.29) is 5.91 Å². The standard InChI is InChI=1S/C15H15NO3S2/c1-9-7-13(21-12(9)5-6-14(17)18)15(19)16-8-11-4-3-10(2)20-11/h3-7H,8H2,1-2H3,(H,16,19)(H,17,18)/b6-5+. The number of carbonyl (C=O) groups is 2. The van der Waals surface area contributed by atoms with E-state index in [9.17, 15) is 9.59 Å². The fraction of sp³-hybridized carbons (Fsp3) is 0.200. The first-order chi connectivity index (χ1) is 9.95. The van der Waals surface area contributed by atoms with E-state index in [0.717, 1.165) is 21.4 Å². The van der Waals surface area contributed by atoms with Crippen molar-refractivity contribution in [3.63, 3.8) is 0 Å². The number of thiophene rings is 2. The number of amides is 1. The summed E-state index contributed by atoms with van der Waals surface area (Å²) < 4.78 is 0. The number of aryl methyl sites for hydroxylation is 2. The van der Waals surface area contributed by atoms with Crippen LogP contribution in [0.3, 0.4) is 0 Å². The summed E-state index contributed by atoms with van der Waals surface area (Å²) in [5, 5.41) is 11.5. The minimum atomic E-state index is -0.998. The van der Waals surface area contributed by atoms with Crippen LogP contribution >= 0.6 is 22.7 Å². The van der Waals surface area contributed by atoms with E-state index in [1.807, 2.05) is 26.0 Å². The molecule has 0 bridgehead atoms. The number of carboxylic acid groups (broad SMARTS) is 1. The van der Waals surface area contributed by atoms with Crippen molar-refractivity contribution >= 4 is 40.6 Å². The maximum atomic E-state index is 12.1. The molecule has 6 heteroatoms. The van der Waals surface area contributed by atoms with Crippen molar-refractivity contribution in [1.82, 2.24) is 5.32 Å². The fourth-order valence-corrected chi connectivity index (χ4v) is 3.58. The normalized spacial score (nSPS) is 11.0. The number of rotatable bonds is 5. The van der Waals surface area contributed by atoms with Crippen LogP contribution in [-0.2, 0) is 11.3 Å². The lowest BCUT2D eigenvalue weighted by molar-refractivity contribution is -0.131. The van der Waals surface area contributed by atoms with E-state index >= 15 is 0 Å². The number of hydrogen-bond donors (Lipinski definition) is 2. The molecule has 1 amide bonds. The van der Waals surface area contributed by atoms with Gasteiger partial charge in [-0.3, -0.25) is 4.79 Å². The molecule has 0 unspecified atom stereocenters. The maximum absolute atomic E-state index is 12.1. The highest BCUT2D eigenvalue weighted by Crippen LogP contribution is 2.23. The molecule has 2 N–H and O–H groups in total. The molecule has 0 aliphatic carbocycles. The average molecular weight is 321 g/mol. The predicted octanol–water partition coefficient (Wildman–Crippen LogP) is 3.45. The van der Waals surface area contributed by atoms with Gasteiger partial charge < -0.3 is 10.4 Å². The van der Waals surface area contributed by atoms with Crippen LogP contribution in [0.1, 0.15) is 29.9 Å². The second-order valence-electron chi connectivity index (χ2n) is 4.52. The molecule has 0 saturated heterocycles. The molecule has 2 heterocycles. The van der Waals surface area contributed by atoms with Crippen LogP contribution in [0.25, 0.3) is 6.08 Å². The zero-order chi connectivity index (χ0) is 15.4. The zero-order valence-electron chi connectivity index (χ0n) is 11.7. The Morgan fingerprint density at radius 1 is 1.29 bits per heavy atom.